The summed E-state index contributed by atoms with van der Waals surface area (Å²) < 4.78 is 5.03. The number of aromatic amines is 1. The molecular formula is C14H15N3O4. The van der Waals surface area contributed by atoms with Crippen LogP contribution in [0, 0.1) is 0 Å². The molecule has 1 aromatic carbocycles. The summed E-state index contributed by atoms with van der Waals surface area (Å²) in [5, 5.41) is 17.7. The van der Waals surface area contributed by atoms with Crippen LogP contribution in [0.5, 0.6) is 0 Å². The summed E-state index contributed by atoms with van der Waals surface area (Å²) in [6.45, 7) is 0.452. The summed E-state index contributed by atoms with van der Waals surface area (Å²) in [6.07, 6.45) is 1.03. The molecule has 0 bridgehead atoms. The fraction of sp³-hybridized carbons (Fsp3) is 0.214. The number of nitrogens with one attached hydrogen (secondary N) is 2. The summed E-state index contributed by atoms with van der Waals surface area (Å²) in [4.78, 5) is 22.4. The molecule has 0 spiro atoms. The molecule has 0 saturated heterocycles. The SMILES string of the molecule is O=C(NCCc1[nH]ncc1C(=O)O)OCc1ccccc1. The number of carboxylic acid groups (broad SMARTS) is 1. The third-order valence-electron chi connectivity index (χ3n) is 2.81. The van der Waals surface area contributed by atoms with Crippen molar-refractivity contribution in [3.05, 3.63) is 53.3 Å². The first-order valence-electron chi connectivity index (χ1n) is 6.37. The molecule has 0 unspecified atom stereocenters. The molecule has 1 heterocycles. The highest BCUT2D eigenvalue weighted by Gasteiger charge is 2.12. The van der Waals surface area contributed by atoms with E-state index in [-0.39, 0.29) is 18.7 Å². The zero-order chi connectivity index (χ0) is 15.1. The van der Waals surface area contributed by atoms with Crippen molar-refractivity contribution in [1.29, 1.82) is 0 Å². The van der Waals surface area contributed by atoms with Crippen LogP contribution in [0.25, 0.3) is 0 Å². The molecule has 2 rings (SSSR count). The van der Waals surface area contributed by atoms with Crippen LogP contribution in [0.2, 0.25) is 0 Å². The lowest BCUT2D eigenvalue weighted by molar-refractivity contribution is 0.0696. The van der Waals surface area contributed by atoms with Crippen molar-refractivity contribution in [1.82, 2.24) is 15.5 Å². The van der Waals surface area contributed by atoms with E-state index in [1.807, 2.05) is 30.3 Å². The average molecular weight is 289 g/mol. The van der Waals surface area contributed by atoms with Gasteiger partial charge in [-0.05, 0) is 5.56 Å². The van der Waals surface area contributed by atoms with Gasteiger partial charge < -0.3 is 15.2 Å². The number of aromatic nitrogens is 2. The molecule has 7 heteroatoms. The Kier molecular flexibility index (Phi) is 4.92. The van der Waals surface area contributed by atoms with Gasteiger partial charge in [-0.1, -0.05) is 30.3 Å². The summed E-state index contributed by atoms with van der Waals surface area (Å²) in [7, 11) is 0. The highest BCUT2D eigenvalue weighted by molar-refractivity contribution is 5.88. The second-order valence-corrected chi connectivity index (χ2v) is 4.31. The number of benzene rings is 1. The normalized spacial score (nSPS) is 10.1. The first-order valence-corrected chi connectivity index (χ1v) is 6.37. The molecule has 0 atom stereocenters. The summed E-state index contributed by atoms with van der Waals surface area (Å²) in [5.74, 6) is -1.05. The van der Waals surface area contributed by atoms with Gasteiger partial charge in [0.1, 0.15) is 12.2 Å². The van der Waals surface area contributed by atoms with Gasteiger partial charge in [0.25, 0.3) is 0 Å². The Morgan fingerprint density at radius 1 is 1.29 bits per heavy atom. The summed E-state index contributed by atoms with van der Waals surface area (Å²) in [5.41, 5.74) is 1.47. The molecule has 0 fully saturated rings. The minimum Gasteiger partial charge on any atom is -0.478 e. The zero-order valence-corrected chi connectivity index (χ0v) is 11.2. The van der Waals surface area contributed by atoms with E-state index in [0.717, 1.165) is 5.56 Å². The van der Waals surface area contributed by atoms with E-state index in [1.54, 1.807) is 0 Å². The maximum absolute atomic E-state index is 11.5. The minimum absolute atomic E-state index is 0.106. The van der Waals surface area contributed by atoms with Crippen molar-refractivity contribution in [2.75, 3.05) is 6.54 Å². The van der Waals surface area contributed by atoms with Gasteiger partial charge in [0.2, 0.25) is 0 Å². The van der Waals surface area contributed by atoms with E-state index in [2.05, 4.69) is 15.5 Å². The topological polar surface area (TPSA) is 104 Å². The zero-order valence-electron chi connectivity index (χ0n) is 11.2. The molecule has 1 amide bonds. The monoisotopic (exact) mass is 289 g/mol. The molecule has 3 N–H and O–H groups in total. The molecule has 0 radical (unpaired) electrons. The predicted octanol–water partition coefficient (Wildman–Crippen LogP) is 1.58. The van der Waals surface area contributed by atoms with Crippen molar-refractivity contribution in [3.63, 3.8) is 0 Å². The molecule has 0 aliphatic rings. The second kappa shape index (κ2) is 7.09. The maximum atomic E-state index is 11.5. The van der Waals surface area contributed by atoms with E-state index in [0.29, 0.717) is 12.1 Å². The molecule has 7 nitrogen and oxygen atoms in total. The Labute approximate surface area is 120 Å². The van der Waals surface area contributed by atoms with Crippen LogP contribution in [0.3, 0.4) is 0 Å². The van der Waals surface area contributed by atoms with Crippen molar-refractivity contribution in [3.8, 4) is 0 Å². The van der Waals surface area contributed by atoms with Crippen LogP contribution in [-0.2, 0) is 17.8 Å². The highest BCUT2D eigenvalue weighted by atomic mass is 16.5. The third kappa shape index (κ3) is 4.34. The van der Waals surface area contributed by atoms with Crippen molar-refractivity contribution in [2.45, 2.75) is 13.0 Å². The van der Waals surface area contributed by atoms with E-state index < -0.39 is 12.1 Å². The number of carboxylic acids is 1. The van der Waals surface area contributed by atoms with E-state index in [9.17, 15) is 9.59 Å². The standard InChI is InChI=1S/C14H15N3O4/c18-13(19)11-8-16-17-12(11)6-7-15-14(20)21-9-10-4-2-1-3-5-10/h1-5,8H,6-7,9H2,(H,15,20)(H,16,17)(H,18,19). The van der Waals surface area contributed by atoms with Crippen LogP contribution < -0.4 is 5.32 Å². The Hall–Kier alpha value is -2.83. The van der Waals surface area contributed by atoms with Gasteiger partial charge in [0, 0.05) is 13.0 Å². The number of H-pyrrole nitrogens is 1. The maximum Gasteiger partial charge on any atom is 0.407 e. The van der Waals surface area contributed by atoms with Gasteiger partial charge in [-0.2, -0.15) is 5.10 Å². The van der Waals surface area contributed by atoms with E-state index >= 15 is 0 Å². The quantitative estimate of drug-likeness (QED) is 0.749. The lowest BCUT2D eigenvalue weighted by Gasteiger charge is -2.06. The van der Waals surface area contributed by atoms with Crippen LogP contribution in [-0.4, -0.2) is 33.9 Å². The van der Waals surface area contributed by atoms with Crippen LogP contribution in [0.15, 0.2) is 36.5 Å². The number of alkyl carbamates (subject to hydrolysis) is 1. The molecule has 0 aliphatic carbocycles. The molecule has 21 heavy (non-hydrogen) atoms. The summed E-state index contributed by atoms with van der Waals surface area (Å²) in [6, 6.07) is 9.33. The first kappa shape index (κ1) is 14.6. The molecule has 2 aromatic rings. The molecule has 0 aliphatic heterocycles. The van der Waals surface area contributed by atoms with Gasteiger partial charge >= 0.3 is 12.1 Å². The van der Waals surface area contributed by atoms with Crippen LogP contribution in [0.4, 0.5) is 4.79 Å². The number of hydrogen-bond acceptors (Lipinski definition) is 4. The predicted molar refractivity (Wildman–Crippen MR) is 73.9 cm³/mol. The molecule has 1 aromatic heterocycles. The number of hydrogen-bond donors (Lipinski definition) is 3. The third-order valence-corrected chi connectivity index (χ3v) is 2.81. The number of aromatic carboxylic acids is 1. The molecular weight excluding hydrogens is 274 g/mol. The number of rotatable bonds is 6. The number of ether oxygens (including phenoxy) is 1. The average Bonchev–Trinajstić information content (AvgIpc) is 2.95. The first-order chi connectivity index (χ1) is 10.2. The highest BCUT2D eigenvalue weighted by Crippen LogP contribution is 2.05. The Morgan fingerprint density at radius 3 is 2.76 bits per heavy atom. The lowest BCUT2D eigenvalue weighted by atomic mass is 10.2. The van der Waals surface area contributed by atoms with Crippen molar-refractivity contribution in [2.24, 2.45) is 0 Å². The molecule has 110 valence electrons. The van der Waals surface area contributed by atoms with E-state index in [4.69, 9.17) is 9.84 Å². The van der Waals surface area contributed by atoms with Gasteiger partial charge in [0.05, 0.1) is 11.9 Å². The number of nitrogens with zero attached hydrogens (tertiary/aromatic N) is 1. The Bertz CT molecular complexity index is 610. The van der Waals surface area contributed by atoms with Crippen molar-refractivity contribution < 1.29 is 19.4 Å². The van der Waals surface area contributed by atoms with Crippen molar-refractivity contribution >= 4 is 12.1 Å². The number of amides is 1. The smallest absolute Gasteiger partial charge is 0.407 e. The minimum atomic E-state index is -1.05. The Morgan fingerprint density at radius 2 is 2.05 bits per heavy atom. The second-order valence-electron chi connectivity index (χ2n) is 4.31. The fourth-order valence-corrected chi connectivity index (χ4v) is 1.75. The van der Waals surface area contributed by atoms with Gasteiger partial charge in [-0.25, -0.2) is 9.59 Å². The number of carbonyl (C=O) groups is 2. The van der Waals surface area contributed by atoms with Gasteiger partial charge in [-0.3, -0.25) is 5.10 Å². The van der Waals surface area contributed by atoms with Crippen LogP contribution >= 0.6 is 0 Å². The number of carbonyl (C=O) groups excluding carboxylic acids is 1. The molecule has 0 saturated carbocycles. The fourth-order valence-electron chi connectivity index (χ4n) is 1.75. The largest absolute Gasteiger partial charge is 0.478 e. The van der Waals surface area contributed by atoms with E-state index in [1.165, 1.54) is 6.20 Å². The van der Waals surface area contributed by atoms with Gasteiger partial charge in [-0.15, -0.1) is 0 Å². The summed E-state index contributed by atoms with van der Waals surface area (Å²) >= 11 is 0. The van der Waals surface area contributed by atoms with Gasteiger partial charge in [0.15, 0.2) is 0 Å². The van der Waals surface area contributed by atoms with Crippen LogP contribution in [0.1, 0.15) is 21.6 Å². The lowest BCUT2D eigenvalue weighted by Crippen LogP contribution is -2.26. The Balaban J connectivity index is 1.72.